The number of nitrogens with two attached hydrogens (primary N) is 1. The lowest BCUT2D eigenvalue weighted by Gasteiger charge is -2.10. The number of nitro groups is 2. The van der Waals surface area contributed by atoms with Crippen molar-refractivity contribution < 1.29 is 19.4 Å². The van der Waals surface area contributed by atoms with Crippen molar-refractivity contribution >= 4 is 17.3 Å². The summed E-state index contributed by atoms with van der Waals surface area (Å²) in [6.45, 7) is 0. The number of nitro benzene ring substituents is 1. The van der Waals surface area contributed by atoms with Crippen LogP contribution in [0, 0.1) is 20.2 Å². The summed E-state index contributed by atoms with van der Waals surface area (Å²) in [4.78, 5) is 32.6. The predicted molar refractivity (Wildman–Crippen MR) is 97.4 cm³/mol. The van der Waals surface area contributed by atoms with E-state index in [1.165, 1.54) is 25.3 Å². The number of nitrogens with zero attached hydrogens (tertiary/aromatic N) is 4. The molecule has 0 aliphatic rings. The van der Waals surface area contributed by atoms with Crippen LogP contribution in [0.1, 0.15) is 10.5 Å². The van der Waals surface area contributed by atoms with Crippen LogP contribution in [0.4, 0.5) is 11.4 Å². The Balaban J connectivity index is 2.25. The molecule has 3 rings (SSSR count). The van der Waals surface area contributed by atoms with E-state index in [1.807, 2.05) is 0 Å². The van der Waals surface area contributed by atoms with Crippen LogP contribution in [0.3, 0.4) is 0 Å². The molecule has 1 heterocycles. The zero-order valence-electron chi connectivity index (χ0n) is 14.4. The Labute approximate surface area is 157 Å². The summed E-state index contributed by atoms with van der Waals surface area (Å²) in [5.74, 6) is -0.583. The SMILES string of the molecule is COc1ccccc1-c1ccc([N+](=O)[O-])c(-n2cc([N+](=O)[O-])c(C(N)=O)n2)c1. The van der Waals surface area contributed by atoms with E-state index in [0.29, 0.717) is 16.9 Å². The van der Waals surface area contributed by atoms with Gasteiger partial charge in [0.1, 0.15) is 17.6 Å². The van der Waals surface area contributed by atoms with Gasteiger partial charge in [-0.3, -0.25) is 25.0 Å². The molecule has 11 heteroatoms. The van der Waals surface area contributed by atoms with Gasteiger partial charge < -0.3 is 10.5 Å². The highest BCUT2D eigenvalue weighted by Crippen LogP contribution is 2.34. The molecule has 1 amide bonds. The molecule has 142 valence electrons. The number of carbonyl (C=O) groups excluding carboxylic acids is 1. The van der Waals surface area contributed by atoms with E-state index in [4.69, 9.17) is 10.5 Å². The highest BCUT2D eigenvalue weighted by atomic mass is 16.6. The number of benzene rings is 2. The lowest BCUT2D eigenvalue weighted by molar-refractivity contribution is -0.385. The monoisotopic (exact) mass is 383 g/mol. The number of ether oxygens (including phenoxy) is 1. The maximum Gasteiger partial charge on any atom is 0.320 e. The van der Waals surface area contributed by atoms with Gasteiger partial charge in [-0.25, -0.2) is 4.68 Å². The maximum atomic E-state index is 11.5. The number of aromatic nitrogens is 2. The van der Waals surface area contributed by atoms with Gasteiger partial charge in [0.2, 0.25) is 5.69 Å². The summed E-state index contributed by atoms with van der Waals surface area (Å²) in [6, 6.07) is 11.2. The first kappa shape index (κ1) is 18.5. The summed E-state index contributed by atoms with van der Waals surface area (Å²) in [5, 5.41) is 26.4. The minimum atomic E-state index is -1.12. The third-order valence-electron chi connectivity index (χ3n) is 3.96. The first-order valence-electron chi connectivity index (χ1n) is 7.79. The molecule has 2 N–H and O–H groups in total. The summed E-state index contributed by atoms with van der Waals surface area (Å²) in [5.41, 5.74) is 4.67. The van der Waals surface area contributed by atoms with Crippen LogP contribution in [-0.4, -0.2) is 32.6 Å². The Hall–Kier alpha value is -4.28. The van der Waals surface area contributed by atoms with E-state index in [9.17, 15) is 25.0 Å². The quantitative estimate of drug-likeness (QED) is 0.506. The fourth-order valence-corrected chi connectivity index (χ4v) is 2.71. The zero-order chi connectivity index (χ0) is 20.4. The van der Waals surface area contributed by atoms with Crippen molar-refractivity contribution in [1.82, 2.24) is 9.78 Å². The van der Waals surface area contributed by atoms with Crippen molar-refractivity contribution in [3.63, 3.8) is 0 Å². The van der Waals surface area contributed by atoms with Crippen LogP contribution < -0.4 is 10.5 Å². The number of primary amides is 1. The predicted octanol–water partition coefficient (Wildman–Crippen LogP) is 2.46. The molecule has 28 heavy (non-hydrogen) atoms. The van der Waals surface area contributed by atoms with Gasteiger partial charge in [-0.1, -0.05) is 18.2 Å². The summed E-state index contributed by atoms with van der Waals surface area (Å²) >= 11 is 0. The Morgan fingerprint density at radius 1 is 1.11 bits per heavy atom. The number of methoxy groups -OCH3 is 1. The first-order chi connectivity index (χ1) is 13.3. The second-order valence-electron chi connectivity index (χ2n) is 5.59. The molecule has 0 atom stereocenters. The number of hydrogen-bond acceptors (Lipinski definition) is 7. The zero-order valence-corrected chi connectivity index (χ0v) is 14.4. The Bertz CT molecular complexity index is 1080. The lowest BCUT2D eigenvalue weighted by atomic mass is 10.0. The van der Waals surface area contributed by atoms with E-state index in [2.05, 4.69) is 5.10 Å². The average molecular weight is 383 g/mol. The van der Waals surface area contributed by atoms with Crippen LogP contribution in [0.25, 0.3) is 16.8 Å². The van der Waals surface area contributed by atoms with Crippen molar-refractivity contribution in [2.24, 2.45) is 5.73 Å². The van der Waals surface area contributed by atoms with Gasteiger partial charge in [0.25, 0.3) is 11.6 Å². The molecule has 3 aromatic rings. The molecule has 0 aliphatic heterocycles. The Morgan fingerprint density at radius 3 is 2.36 bits per heavy atom. The molecule has 0 bridgehead atoms. The summed E-state index contributed by atoms with van der Waals surface area (Å²) in [6.07, 6.45) is 0.911. The molecule has 1 aromatic heterocycles. The molecule has 0 saturated carbocycles. The van der Waals surface area contributed by atoms with Gasteiger partial charge in [0.05, 0.1) is 17.0 Å². The second-order valence-corrected chi connectivity index (χ2v) is 5.59. The summed E-state index contributed by atoms with van der Waals surface area (Å²) in [7, 11) is 1.49. The standard InChI is InChI=1S/C17H13N5O6/c1-28-15-5-3-2-4-11(15)10-6-7-12(21(24)25)13(8-10)20-9-14(22(26)27)16(19-20)17(18)23/h2-9H,1H3,(H2,18,23). The number of carbonyl (C=O) groups is 1. The number of hydrogen-bond donors (Lipinski definition) is 1. The molecule has 0 unspecified atom stereocenters. The topological polar surface area (TPSA) is 156 Å². The highest BCUT2D eigenvalue weighted by Gasteiger charge is 2.27. The molecule has 0 saturated heterocycles. The average Bonchev–Trinajstić information content (AvgIpc) is 3.13. The van der Waals surface area contributed by atoms with E-state index < -0.39 is 27.1 Å². The molecule has 0 fully saturated rings. The van der Waals surface area contributed by atoms with E-state index in [1.54, 1.807) is 24.3 Å². The van der Waals surface area contributed by atoms with Crippen molar-refractivity contribution in [2.45, 2.75) is 0 Å². The van der Waals surface area contributed by atoms with E-state index in [-0.39, 0.29) is 11.4 Å². The van der Waals surface area contributed by atoms with Gasteiger partial charge >= 0.3 is 5.69 Å². The highest BCUT2D eigenvalue weighted by molar-refractivity contribution is 5.94. The fourth-order valence-electron chi connectivity index (χ4n) is 2.71. The van der Waals surface area contributed by atoms with Gasteiger partial charge in [0, 0.05) is 11.6 Å². The van der Waals surface area contributed by atoms with Crippen LogP contribution in [0.15, 0.2) is 48.7 Å². The Morgan fingerprint density at radius 2 is 1.79 bits per heavy atom. The maximum absolute atomic E-state index is 11.5. The number of para-hydroxylation sites is 1. The molecular formula is C17H13N5O6. The van der Waals surface area contributed by atoms with Crippen LogP contribution in [-0.2, 0) is 0 Å². The summed E-state index contributed by atoms with van der Waals surface area (Å²) < 4.78 is 6.20. The van der Waals surface area contributed by atoms with Crippen LogP contribution >= 0.6 is 0 Å². The minimum Gasteiger partial charge on any atom is -0.496 e. The minimum absolute atomic E-state index is 0.0657. The lowest BCUT2D eigenvalue weighted by Crippen LogP contribution is -2.14. The van der Waals surface area contributed by atoms with Crippen LogP contribution in [0.2, 0.25) is 0 Å². The third-order valence-corrected chi connectivity index (χ3v) is 3.96. The Kier molecular flexibility index (Phi) is 4.73. The van der Waals surface area contributed by atoms with Crippen LogP contribution in [0.5, 0.6) is 5.75 Å². The van der Waals surface area contributed by atoms with Gasteiger partial charge in [0.15, 0.2) is 0 Å². The molecular weight excluding hydrogens is 370 g/mol. The second kappa shape index (κ2) is 7.15. The normalized spacial score (nSPS) is 10.5. The molecule has 0 aliphatic carbocycles. The third kappa shape index (κ3) is 3.23. The molecule has 0 radical (unpaired) electrons. The molecule has 11 nitrogen and oxygen atoms in total. The van der Waals surface area contributed by atoms with Crippen molar-refractivity contribution in [3.8, 4) is 22.6 Å². The molecule has 2 aromatic carbocycles. The fraction of sp³-hybridized carbons (Fsp3) is 0.0588. The number of rotatable bonds is 6. The smallest absolute Gasteiger partial charge is 0.320 e. The number of amides is 1. The molecule has 0 spiro atoms. The van der Waals surface area contributed by atoms with Gasteiger partial charge in [-0.2, -0.15) is 5.10 Å². The van der Waals surface area contributed by atoms with Gasteiger partial charge in [-0.05, 0) is 23.8 Å². The first-order valence-corrected chi connectivity index (χ1v) is 7.79. The van der Waals surface area contributed by atoms with E-state index >= 15 is 0 Å². The van der Waals surface area contributed by atoms with Crippen molar-refractivity contribution in [3.05, 3.63) is 74.6 Å². The largest absolute Gasteiger partial charge is 0.496 e. The van der Waals surface area contributed by atoms with Crippen molar-refractivity contribution in [1.29, 1.82) is 0 Å². The van der Waals surface area contributed by atoms with E-state index in [0.717, 1.165) is 10.9 Å². The van der Waals surface area contributed by atoms with Gasteiger partial charge in [-0.15, -0.1) is 0 Å². The van der Waals surface area contributed by atoms with Crippen molar-refractivity contribution in [2.75, 3.05) is 7.11 Å².